The van der Waals surface area contributed by atoms with E-state index in [1.807, 2.05) is 48.2 Å². The Morgan fingerprint density at radius 3 is 2.69 bits per heavy atom. The van der Waals surface area contributed by atoms with Crippen LogP contribution in [-0.4, -0.2) is 24.3 Å². The number of nitrogens with one attached hydrogen (secondary N) is 2. The molecule has 0 aliphatic heterocycles. The maximum absolute atomic E-state index is 12.2. The van der Waals surface area contributed by atoms with Gasteiger partial charge < -0.3 is 16.0 Å². The van der Waals surface area contributed by atoms with Crippen molar-refractivity contribution in [3.05, 3.63) is 59.2 Å². The first-order valence-electron chi connectivity index (χ1n) is 10.0. The summed E-state index contributed by atoms with van der Waals surface area (Å²) in [5.74, 6) is 6.46. The van der Waals surface area contributed by atoms with Crippen LogP contribution >= 0.6 is 0 Å². The molecule has 0 unspecified atom stereocenters. The second-order valence-electron chi connectivity index (χ2n) is 7.48. The van der Waals surface area contributed by atoms with Gasteiger partial charge in [-0.05, 0) is 55.7 Å². The van der Waals surface area contributed by atoms with Gasteiger partial charge in [0.05, 0.1) is 6.54 Å². The lowest BCUT2D eigenvalue weighted by Gasteiger charge is -2.29. The van der Waals surface area contributed by atoms with Gasteiger partial charge in [0.15, 0.2) is 0 Å². The minimum absolute atomic E-state index is 0. The van der Waals surface area contributed by atoms with E-state index in [1.165, 1.54) is 12.8 Å². The van der Waals surface area contributed by atoms with Gasteiger partial charge in [-0.2, -0.15) is 0 Å². The first-order valence-corrected chi connectivity index (χ1v) is 10.0. The number of carbonyl (C=O) groups excluding carboxylic acids is 1. The zero-order valence-electron chi connectivity index (χ0n) is 17.1. The molecule has 1 aliphatic carbocycles. The molecule has 5 heteroatoms. The Labute approximate surface area is 174 Å². The van der Waals surface area contributed by atoms with E-state index in [-0.39, 0.29) is 13.2 Å². The number of aryl methyl sites for hydroxylation is 1. The Balaban J connectivity index is 0.00000320. The predicted octanol–water partition coefficient (Wildman–Crippen LogP) is 4.28. The van der Waals surface area contributed by atoms with Crippen LogP contribution in [0.1, 0.15) is 50.7 Å². The molecular formula is C24H30N4O. The van der Waals surface area contributed by atoms with E-state index in [9.17, 15) is 4.79 Å². The Kier molecular flexibility index (Phi) is 6.56. The number of benzene rings is 2. The van der Waals surface area contributed by atoms with E-state index >= 15 is 0 Å². The zero-order valence-corrected chi connectivity index (χ0v) is 17.1. The maximum atomic E-state index is 12.2. The number of nitrogens with zero attached hydrogens (tertiary/aromatic N) is 1. The fraction of sp³-hybridized carbons (Fsp3) is 0.333. The highest BCUT2D eigenvalue weighted by Gasteiger charge is 2.26. The van der Waals surface area contributed by atoms with Crippen molar-refractivity contribution in [3.63, 3.8) is 0 Å². The van der Waals surface area contributed by atoms with Crippen molar-refractivity contribution in [3.8, 4) is 11.8 Å². The summed E-state index contributed by atoms with van der Waals surface area (Å²) in [5.41, 5.74) is 10.1. The lowest BCUT2D eigenvalue weighted by Crippen LogP contribution is -2.37. The van der Waals surface area contributed by atoms with Gasteiger partial charge in [0.1, 0.15) is 5.84 Å². The van der Waals surface area contributed by atoms with Gasteiger partial charge in [0.2, 0.25) is 5.91 Å². The molecule has 2 aromatic rings. The van der Waals surface area contributed by atoms with Crippen LogP contribution in [0.3, 0.4) is 0 Å². The first kappa shape index (κ1) is 20.5. The van der Waals surface area contributed by atoms with Crippen LogP contribution in [0, 0.1) is 24.2 Å². The molecule has 2 aromatic carbocycles. The smallest absolute Gasteiger partial charge is 0.224 e. The SMILES string of the molecule is CC(=O)N(c1ccc(C#CCNc2cccc(C(=N)N)c2)cc1C)C1CCCC1.[HH]. The topological polar surface area (TPSA) is 82.2 Å². The summed E-state index contributed by atoms with van der Waals surface area (Å²) in [7, 11) is 0. The van der Waals surface area contributed by atoms with Crippen molar-refractivity contribution in [2.45, 2.75) is 45.6 Å². The zero-order chi connectivity index (χ0) is 20.8. The van der Waals surface area contributed by atoms with Crippen LogP contribution in [0.2, 0.25) is 0 Å². The highest BCUT2D eigenvalue weighted by atomic mass is 16.2. The third kappa shape index (κ3) is 5.17. The number of anilines is 2. The molecule has 1 aliphatic rings. The van der Waals surface area contributed by atoms with Crippen LogP contribution in [0.5, 0.6) is 0 Å². The van der Waals surface area contributed by atoms with Crippen LogP contribution < -0.4 is 16.0 Å². The molecule has 3 rings (SSSR count). The van der Waals surface area contributed by atoms with Gasteiger partial charge in [-0.3, -0.25) is 10.2 Å². The number of carbonyl (C=O) groups is 1. The number of nitrogen functional groups attached to an aromatic ring is 1. The molecule has 0 aromatic heterocycles. The lowest BCUT2D eigenvalue weighted by molar-refractivity contribution is -0.117. The third-order valence-electron chi connectivity index (χ3n) is 5.27. The van der Waals surface area contributed by atoms with Gasteiger partial charge in [-0.15, -0.1) is 0 Å². The molecule has 0 atom stereocenters. The maximum Gasteiger partial charge on any atom is 0.224 e. The van der Waals surface area contributed by atoms with Crippen molar-refractivity contribution in [1.82, 2.24) is 0 Å². The number of nitrogens with two attached hydrogens (primary N) is 1. The van der Waals surface area contributed by atoms with E-state index in [4.69, 9.17) is 11.1 Å². The molecule has 0 radical (unpaired) electrons. The minimum Gasteiger partial charge on any atom is -0.384 e. The average Bonchev–Trinajstić information content (AvgIpc) is 3.21. The van der Waals surface area contributed by atoms with Crippen molar-refractivity contribution in [2.75, 3.05) is 16.8 Å². The molecule has 0 heterocycles. The largest absolute Gasteiger partial charge is 0.384 e. The second kappa shape index (κ2) is 9.29. The molecule has 1 amide bonds. The Morgan fingerprint density at radius 2 is 2.03 bits per heavy atom. The fourth-order valence-electron chi connectivity index (χ4n) is 3.88. The van der Waals surface area contributed by atoms with Crippen molar-refractivity contribution in [2.24, 2.45) is 5.73 Å². The molecular weight excluding hydrogens is 360 g/mol. The molecule has 0 bridgehead atoms. The average molecular weight is 391 g/mol. The molecule has 1 saturated carbocycles. The first-order chi connectivity index (χ1) is 14.0. The summed E-state index contributed by atoms with van der Waals surface area (Å²) in [6.07, 6.45) is 4.55. The summed E-state index contributed by atoms with van der Waals surface area (Å²) in [6.45, 7) is 4.18. The molecule has 152 valence electrons. The summed E-state index contributed by atoms with van der Waals surface area (Å²) in [5, 5.41) is 10.7. The van der Waals surface area contributed by atoms with E-state index < -0.39 is 0 Å². The number of amides is 1. The summed E-state index contributed by atoms with van der Waals surface area (Å²) >= 11 is 0. The standard InChI is InChI=1S/C24H28N4O.H2/c1-17-15-19(7-6-14-27-21-9-5-8-20(16-21)24(25)26)12-13-23(17)28(18(2)29)22-10-3-4-11-22;/h5,8-9,12-13,15-16,22,27H,3-4,10-11,14H2,1-2H3,(H3,25,26);1H. The molecule has 0 spiro atoms. The molecule has 1 fully saturated rings. The van der Waals surface area contributed by atoms with Crippen molar-refractivity contribution < 1.29 is 6.22 Å². The van der Waals surface area contributed by atoms with Crippen molar-refractivity contribution in [1.29, 1.82) is 5.41 Å². The van der Waals surface area contributed by atoms with Crippen LogP contribution in [-0.2, 0) is 4.79 Å². The van der Waals surface area contributed by atoms with Gasteiger partial charge in [-0.1, -0.05) is 36.8 Å². The quantitative estimate of drug-likeness (QED) is 0.405. The van der Waals surface area contributed by atoms with Gasteiger partial charge in [-0.25, -0.2) is 0 Å². The Morgan fingerprint density at radius 1 is 1.28 bits per heavy atom. The summed E-state index contributed by atoms with van der Waals surface area (Å²) in [4.78, 5) is 14.2. The molecule has 4 N–H and O–H groups in total. The van der Waals surface area contributed by atoms with Crippen LogP contribution in [0.4, 0.5) is 11.4 Å². The molecule has 29 heavy (non-hydrogen) atoms. The summed E-state index contributed by atoms with van der Waals surface area (Å²) in [6, 6.07) is 13.8. The summed E-state index contributed by atoms with van der Waals surface area (Å²) < 4.78 is 0. The van der Waals surface area contributed by atoms with Gasteiger partial charge in [0, 0.05) is 36.9 Å². The molecule has 0 saturated heterocycles. The lowest BCUT2D eigenvalue weighted by atomic mass is 10.1. The fourth-order valence-corrected chi connectivity index (χ4v) is 3.88. The minimum atomic E-state index is 0. The van der Waals surface area contributed by atoms with Gasteiger partial charge in [0.25, 0.3) is 0 Å². The van der Waals surface area contributed by atoms with Crippen LogP contribution in [0.15, 0.2) is 42.5 Å². The normalized spacial score (nSPS) is 13.4. The highest BCUT2D eigenvalue weighted by molar-refractivity contribution is 5.95. The monoisotopic (exact) mass is 390 g/mol. The van der Waals surface area contributed by atoms with Crippen LogP contribution in [0.25, 0.3) is 0 Å². The van der Waals surface area contributed by atoms with Gasteiger partial charge >= 0.3 is 0 Å². The van der Waals surface area contributed by atoms with E-state index in [2.05, 4.69) is 17.2 Å². The Hall–Kier alpha value is -3.26. The number of amidine groups is 1. The van der Waals surface area contributed by atoms with E-state index in [1.54, 1.807) is 13.0 Å². The number of hydrogen-bond donors (Lipinski definition) is 3. The Bertz CT molecular complexity index is 971. The number of hydrogen-bond acceptors (Lipinski definition) is 3. The predicted molar refractivity (Wildman–Crippen MR) is 122 cm³/mol. The molecule has 5 nitrogen and oxygen atoms in total. The highest BCUT2D eigenvalue weighted by Crippen LogP contribution is 2.30. The van der Waals surface area contributed by atoms with Crippen molar-refractivity contribution >= 4 is 23.1 Å². The third-order valence-corrected chi connectivity index (χ3v) is 5.27. The van der Waals surface area contributed by atoms with E-state index in [0.717, 1.165) is 35.3 Å². The number of rotatable bonds is 5. The second-order valence-corrected chi connectivity index (χ2v) is 7.48. The van der Waals surface area contributed by atoms with E-state index in [0.29, 0.717) is 18.2 Å².